The largest absolute Gasteiger partial charge is 0.328 e. The fourth-order valence-corrected chi connectivity index (χ4v) is 3.88. The summed E-state index contributed by atoms with van der Waals surface area (Å²) in [6.07, 6.45) is 8.12. The Hall–Kier alpha value is -1.11. The van der Waals surface area contributed by atoms with Crippen LogP contribution < -0.4 is 0 Å². The second kappa shape index (κ2) is 14.8. The van der Waals surface area contributed by atoms with Crippen molar-refractivity contribution in [3.8, 4) is 0 Å². The molecule has 0 aromatic heterocycles. The minimum atomic E-state index is -1.24. The maximum Gasteiger partial charge on any atom is 0.285 e. The second-order valence-electron chi connectivity index (χ2n) is 7.54. The summed E-state index contributed by atoms with van der Waals surface area (Å²) in [5, 5.41) is 0. The van der Waals surface area contributed by atoms with Crippen molar-refractivity contribution in [2.75, 3.05) is 19.8 Å². The van der Waals surface area contributed by atoms with Crippen molar-refractivity contribution in [3.05, 3.63) is 35.1 Å². The molecule has 1 aromatic carbocycles. The van der Waals surface area contributed by atoms with Gasteiger partial charge in [0.05, 0.1) is 0 Å². The van der Waals surface area contributed by atoms with Gasteiger partial charge >= 0.3 is 0 Å². The Morgan fingerprint density at radius 2 is 1.23 bits per heavy atom. The van der Waals surface area contributed by atoms with E-state index in [0.717, 1.165) is 37.8 Å². The van der Waals surface area contributed by atoms with Crippen LogP contribution in [-0.4, -0.2) is 25.8 Å². The monoisotopic (exact) mass is 432 g/mol. The van der Waals surface area contributed by atoms with Gasteiger partial charge in [-0.2, -0.15) is 0 Å². The summed E-state index contributed by atoms with van der Waals surface area (Å²) in [5.74, 6) is -4.08. The SMILES string of the molecule is CCCCCCCCC(CCc1c(F)cc(F)cc1F)C(OCC)(OCC)OCC. The second-order valence-corrected chi connectivity index (χ2v) is 7.54. The van der Waals surface area contributed by atoms with Gasteiger partial charge in [-0.1, -0.05) is 45.4 Å². The van der Waals surface area contributed by atoms with Gasteiger partial charge in [0, 0.05) is 43.4 Å². The maximum atomic E-state index is 14.2. The quantitative estimate of drug-likeness (QED) is 0.193. The molecule has 1 rings (SSSR count). The zero-order valence-corrected chi connectivity index (χ0v) is 19.1. The molecule has 3 nitrogen and oxygen atoms in total. The number of halogens is 3. The molecule has 0 fully saturated rings. The first kappa shape index (κ1) is 26.9. The molecular weight excluding hydrogens is 393 g/mol. The molecule has 0 saturated carbocycles. The van der Waals surface area contributed by atoms with Gasteiger partial charge in [0.15, 0.2) is 0 Å². The fraction of sp³-hybridized carbons (Fsp3) is 0.750. The molecule has 30 heavy (non-hydrogen) atoms. The zero-order chi connectivity index (χ0) is 22.4. The number of benzene rings is 1. The highest BCUT2D eigenvalue weighted by Crippen LogP contribution is 2.34. The van der Waals surface area contributed by atoms with E-state index in [1.54, 1.807) is 0 Å². The molecular formula is C24H39F3O3. The van der Waals surface area contributed by atoms with Crippen LogP contribution >= 0.6 is 0 Å². The van der Waals surface area contributed by atoms with E-state index >= 15 is 0 Å². The van der Waals surface area contributed by atoms with Crippen molar-refractivity contribution in [1.82, 2.24) is 0 Å². The van der Waals surface area contributed by atoms with Crippen LogP contribution in [0.5, 0.6) is 0 Å². The highest BCUT2D eigenvalue weighted by molar-refractivity contribution is 5.21. The minimum Gasteiger partial charge on any atom is -0.328 e. The molecule has 1 aromatic rings. The molecule has 0 aliphatic carbocycles. The predicted octanol–water partition coefficient (Wildman–Crippen LogP) is 7.17. The van der Waals surface area contributed by atoms with Crippen LogP contribution in [0.25, 0.3) is 0 Å². The Labute approximate surface area is 180 Å². The summed E-state index contributed by atoms with van der Waals surface area (Å²) in [6.45, 7) is 8.98. The van der Waals surface area contributed by atoms with Crippen molar-refractivity contribution in [1.29, 1.82) is 0 Å². The Kier molecular flexibility index (Phi) is 13.3. The molecule has 0 N–H and O–H groups in total. The minimum absolute atomic E-state index is 0.109. The van der Waals surface area contributed by atoms with Gasteiger partial charge in [0.2, 0.25) is 0 Å². The van der Waals surface area contributed by atoms with Crippen LogP contribution in [0.2, 0.25) is 0 Å². The zero-order valence-electron chi connectivity index (χ0n) is 19.1. The molecule has 6 heteroatoms. The van der Waals surface area contributed by atoms with Crippen LogP contribution in [0.4, 0.5) is 13.2 Å². The van der Waals surface area contributed by atoms with E-state index in [9.17, 15) is 13.2 Å². The lowest BCUT2D eigenvalue weighted by Gasteiger charge is -2.39. The van der Waals surface area contributed by atoms with E-state index in [1.165, 1.54) is 19.3 Å². The highest BCUT2D eigenvalue weighted by atomic mass is 19.1. The van der Waals surface area contributed by atoms with Crippen LogP contribution in [-0.2, 0) is 20.6 Å². The van der Waals surface area contributed by atoms with E-state index in [0.29, 0.717) is 26.2 Å². The van der Waals surface area contributed by atoms with E-state index in [2.05, 4.69) is 6.92 Å². The van der Waals surface area contributed by atoms with Gasteiger partial charge < -0.3 is 14.2 Å². The Morgan fingerprint density at radius 3 is 1.73 bits per heavy atom. The molecule has 1 atom stereocenters. The molecule has 0 saturated heterocycles. The normalized spacial score (nSPS) is 13.0. The molecule has 0 spiro atoms. The van der Waals surface area contributed by atoms with Crippen LogP contribution in [0, 0.1) is 23.4 Å². The standard InChI is InChI=1S/C24H39F3O3/c1-5-9-10-11-12-13-14-19(24(28-6-2,29-7-3)30-8-4)15-16-21-22(26)17-20(25)18-23(21)27/h17-19H,5-16H2,1-4H3. The van der Waals surface area contributed by atoms with Crippen molar-refractivity contribution in [3.63, 3.8) is 0 Å². The molecule has 174 valence electrons. The van der Waals surface area contributed by atoms with Crippen LogP contribution in [0.1, 0.15) is 84.6 Å². The van der Waals surface area contributed by atoms with Gasteiger partial charge in [-0.15, -0.1) is 0 Å². The smallest absolute Gasteiger partial charge is 0.285 e. The third-order valence-corrected chi connectivity index (χ3v) is 5.29. The van der Waals surface area contributed by atoms with E-state index in [4.69, 9.17) is 14.2 Å². The Morgan fingerprint density at radius 1 is 0.733 bits per heavy atom. The third kappa shape index (κ3) is 8.56. The number of rotatable bonds is 17. The summed E-state index contributed by atoms with van der Waals surface area (Å²) in [7, 11) is 0. The van der Waals surface area contributed by atoms with E-state index in [-0.39, 0.29) is 17.9 Å². The molecule has 0 amide bonds. The van der Waals surface area contributed by atoms with Gasteiger partial charge in [-0.25, -0.2) is 13.2 Å². The maximum absolute atomic E-state index is 14.2. The van der Waals surface area contributed by atoms with Gasteiger partial charge in [0.25, 0.3) is 5.97 Å². The molecule has 1 unspecified atom stereocenters. The molecule has 0 aliphatic heterocycles. The number of ether oxygens (including phenoxy) is 3. The summed E-state index contributed by atoms with van der Waals surface area (Å²) in [4.78, 5) is 0. The van der Waals surface area contributed by atoms with Crippen molar-refractivity contribution < 1.29 is 27.4 Å². The van der Waals surface area contributed by atoms with Crippen molar-refractivity contribution >= 4 is 0 Å². The van der Waals surface area contributed by atoms with Crippen molar-refractivity contribution in [2.45, 2.75) is 91.5 Å². The lowest BCUT2D eigenvalue weighted by atomic mass is 9.90. The van der Waals surface area contributed by atoms with Gasteiger partial charge in [0.1, 0.15) is 17.5 Å². The highest BCUT2D eigenvalue weighted by Gasteiger charge is 2.41. The summed E-state index contributed by atoms with van der Waals surface area (Å²) < 4.78 is 59.4. The fourth-order valence-electron chi connectivity index (χ4n) is 3.88. The first-order valence-electron chi connectivity index (χ1n) is 11.5. The average Bonchev–Trinajstić information content (AvgIpc) is 2.68. The number of unbranched alkanes of at least 4 members (excludes halogenated alkanes) is 5. The molecule has 0 bridgehead atoms. The lowest BCUT2D eigenvalue weighted by Crippen LogP contribution is -2.47. The molecule has 0 aliphatic rings. The Balaban J connectivity index is 2.97. The summed E-state index contributed by atoms with van der Waals surface area (Å²) in [5.41, 5.74) is -0.109. The lowest BCUT2D eigenvalue weighted by molar-refractivity contribution is -0.403. The summed E-state index contributed by atoms with van der Waals surface area (Å²) in [6, 6.07) is 1.45. The van der Waals surface area contributed by atoms with Crippen LogP contribution in [0.15, 0.2) is 12.1 Å². The number of hydrogen-bond donors (Lipinski definition) is 0. The number of hydrogen-bond acceptors (Lipinski definition) is 3. The summed E-state index contributed by atoms with van der Waals surface area (Å²) >= 11 is 0. The van der Waals surface area contributed by atoms with E-state index in [1.807, 2.05) is 20.8 Å². The average molecular weight is 433 g/mol. The van der Waals surface area contributed by atoms with Gasteiger partial charge in [-0.3, -0.25) is 0 Å². The third-order valence-electron chi connectivity index (χ3n) is 5.29. The van der Waals surface area contributed by atoms with Crippen LogP contribution in [0.3, 0.4) is 0 Å². The van der Waals surface area contributed by atoms with Gasteiger partial charge in [-0.05, 0) is 40.0 Å². The van der Waals surface area contributed by atoms with Crippen molar-refractivity contribution in [2.24, 2.45) is 5.92 Å². The Bertz CT molecular complexity index is 555. The molecule has 0 heterocycles. The first-order valence-corrected chi connectivity index (χ1v) is 11.5. The molecule has 0 radical (unpaired) electrons. The first-order chi connectivity index (χ1) is 14.4. The topological polar surface area (TPSA) is 27.7 Å². The predicted molar refractivity (Wildman–Crippen MR) is 114 cm³/mol. The van der Waals surface area contributed by atoms with E-state index < -0.39 is 23.4 Å².